The van der Waals surface area contributed by atoms with Crippen molar-refractivity contribution in [1.82, 2.24) is 0 Å². The number of epoxide rings is 3. The highest BCUT2D eigenvalue weighted by atomic mass is 16.6. The smallest absolute Gasteiger partial charge is 0.0886 e. The maximum Gasteiger partial charge on any atom is 0.0886 e. The van der Waals surface area contributed by atoms with E-state index in [1.165, 1.54) is 0 Å². The first kappa shape index (κ1) is 31.6. The maximum absolute atomic E-state index is 6.83. The van der Waals surface area contributed by atoms with Crippen LogP contribution in [0.1, 0.15) is 71.1 Å². The summed E-state index contributed by atoms with van der Waals surface area (Å²) < 4.78 is 55.4. The van der Waals surface area contributed by atoms with E-state index in [1.807, 2.05) is 21.3 Å². The molecule has 3 saturated heterocycles. The summed E-state index contributed by atoms with van der Waals surface area (Å²) in [5.74, 6) is 1.34. The first-order valence-electron chi connectivity index (χ1n) is 16.8. The van der Waals surface area contributed by atoms with Gasteiger partial charge < -0.3 is 42.6 Å². The van der Waals surface area contributed by atoms with Gasteiger partial charge in [-0.05, 0) is 57.3 Å². The molecular formula is C33H56O9. The second kappa shape index (κ2) is 14.4. The van der Waals surface area contributed by atoms with Gasteiger partial charge in [-0.15, -0.1) is 0 Å². The Morgan fingerprint density at radius 3 is 1.55 bits per heavy atom. The predicted molar refractivity (Wildman–Crippen MR) is 156 cm³/mol. The average Bonchev–Trinajstić information content (AvgIpc) is 3.87. The van der Waals surface area contributed by atoms with Crippen LogP contribution in [0.15, 0.2) is 0 Å². The van der Waals surface area contributed by atoms with E-state index < -0.39 is 0 Å². The largest absolute Gasteiger partial charge is 0.381 e. The Labute approximate surface area is 252 Å². The highest BCUT2D eigenvalue weighted by Gasteiger charge is 2.47. The molecule has 6 aliphatic rings. The zero-order valence-corrected chi connectivity index (χ0v) is 26.4. The van der Waals surface area contributed by atoms with Crippen molar-refractivity contribution in [2.24, 2.45) is 23.2 Å². The van der Waals surface area contributed by atoms with Gasteiger partial charge in [0.05, 0.1) is 94.6 Å². The lowest BCUT2D eigenvalue weighted by Crippen LogP contribution is -2.48. The summed E-state index contributed by atoms with van der Waals surface area (Å²) in [6.45, 7) is 6.59. The van der Waals surface area contributed by atoms with E-state index in [4.69, 9.17) is 42.6 Å². The van der Waals surface area contributed by atoms with E-state index >= 15 is 0 Å². The second-order valence-electron chi connectivity index (χ2n) is 14.0. The monoisotopic (exact) mass is 596 g/mol. The summed E-state index contributed by atoms with van der Waals surface area (Å²) in [6, 6.07) is 0. The lowest BCUT2D eigenvalue weighted by atomic mass is 9.81. The van der Waals surface area contributed by atoms with Crippen molar-refractivity contribution in [3.05, 3.63) is 0 Å². The van der Waals surface area contributed by atoms with Gasteiger partial charge in [-0.1, -0.05) is 19.8 Å². The van der Waals surface area contributed by atoms with Crippen LogP contribution in [0.3, 0.4) is 0 Å². The van der Waals surface area contributed by atoms with Crippen molar-refractivity contribution in [3.63, 3.8) is 0 Å². The van der Waals surface area contributed by atoms with Gasteiger partial charge in [-0.25, -0.2) is 0 Å². The standard InChI is InChI=1S/C33H56O9/c1-5-33(18-40-23-13-21(28-15-37-28)12-22(14-23)34-2,19-41-26-10-6-8-24(29-16-38-29)31(26)35-3)20-42-27-11-7-9-25(30-17-39-30)32(27)36-4/h21-32H,5-20H2,1-4H3. The minimum absolute atomic E-state index is 0.0608. The molecule has 6 fully saturated rings. The van der Waals surface area contributed by atoms with Crippen LogP contribution >= 0.6 is 0 Å². The molecule has 0 amide bonds. The Hall–Kier alpha value is -0.360. The molecule has 9 heteroatoms. The number of ether oxygens (including phenoxy) is 9. The van der Waals surface area contributed by atoms with Gasteiger partial charge in [-0.2, -0.15) is 0 Å². The van der Waals surface area contributed by atoms with Gasteiger partial charge in [0.15, 0.2) is 0 Å². The van der Waals surface area contributed by atoms with Crippen LogP contribution < -0.4 is 0 Å². The predicted octanol–water partition coefficient (Wildman–Crippen LogP) is 4.18. The third kappa shape index (κ3) is 7.71. The molecular weight excluding hydrogens is 540 g/mol. The molecule has 0 radical (unpaired) electrons. The molecule has 3 heterocycles. The van der Waals surface area contributed by atoms with Crippen LogP contribution in [0.4, 0.5) is 0 Å². The fourth-order valence-electron chi connectivity index (χ4n) is 8.24. The second-order valence-corrected chi connectivity index (χ2v) is 14.0. The first-order chi connectivity index (χ1) is 20.6. The van der Waals surface area contributed by atoms with E-state index in [-0.39, 0.29) is 42.0 Å². The van der Waals surface area contributed by atoms with Crippen molar-refractivity contribution in [1.29, 1.82) is 0 Å². The lowest BCUT2D eigenvalue weighted by molar-refractivity contribution is -0.173. The van der Waals surface area contributed by atoms with Crippen molar-refractivity contribution in [3.8, 4) is 0 Å². The normalized spacial score (nSPS) is 44.9. The molecule has 0 aromatic carbocycles. The molecule has 0 bridgehead atoms. The third-order valence-corrected chi connectivity index (χ3v) is 11.3. The molecule has 0 aromatic rings. The molecule has 242 valence electrons. The molecule has 0 spiro atoms. The molecule has 42 heavy (non-hydrogen) atoms. The molecule has 0 N–H and O–H groups in total. The summed E-state index contributed by atoms with van der Waals surface area (Å²) >= 11 is 0. The Balaban J connectivity index is 1.13. The Bertz CT molecular complexity index is 788. The summed E-state index contributed by atoms with van der Waals surface area (Å²) in [5, 5.41) is 0. The van der Waals surface area contributed by atoms with Crippen LogP contribution in [-0.2, 0) is 42.6 Å². The Kier molecular flexibility index (Phi) is 10.8. The Morgan fingerprint density at radius 2 is 1.10 bits per heavy atom. The van der Waals surface area contributed by atoms with Crippen molar-refractivity contribution in [2.45, 2.75) is 126 Å². The van der Waals surface area contributed by atoms with Crippen LogP contribution in [0.25, 0.3) is 0 Å². The SMILES string of the molecule is CCC(COC1CC(OC)CC(C2CO2)C1)(COC1CCCC(C2CO2)C1OC)COC1CCCC(C2CO2)C1OC. The van der Waals surface area contributed by atoms with Gasteiger partial charge in [0.2, 0.25) is 0 Å². The van der Waals surface area contributed by atoms with E-state index in [0.717, 1.165) is 84.0 Å². The summed E-state index contributed by atoms with van der Waals surface area (Å²) in [4.78, 5) is 0. The molecule has 9 nitrogen and oxygen atoms in total. The molecule has 3 saturated carbocycles. The minimum atomic E-state index is -0.270. The van der Waals surface area contributed by atoms with Crippen LogP contribution in [0.2, 0.25) is 0 Å². The van der Waals surface area contributed by atoms with Crippen LogP contribution in [0.5, 0.6) is 0 Å². The van der Waals surface area contributed by atoms with Gasteiger partial charge >= 0.3 is 0 Å². The maximum atomic E-state index is 6.83. The molecule has 3 aliphatic heterocycles. The summed E-state index contributed by atoms with van der Waals surface area (Å²) in [6.07, 6.45) is 12.2. The quantitative estimate of drug-likeness (QED) is 0.243. The lowest BCUT2D eigenvalue weighted by Gasteiger charge is -2.42. The molecule has 12 atom stereocenters. The van der Waals surface area contributed by atoms with Crippen LogP contribution in [-0.4, -0.2) is 116 Å². The summed E-state index contributed by atoms with van der Waals surface area (Å²) in [7, 11) is 5.47. The van der Waals surface area contributed by atoms with Crippen molar-refractivity contribution < 1.29 is 42.6 Å². The fraction of sp³-hybridized carbons (Fsp3) is 1.00. The number of hydrogen-bond donors (Lipinski definition) is 0. The van der Waals surface area contributed by atoms with Gasteiger partial charge in [0.25, 0.3) is 0 Å². The number of methoxy groups -OCH3 is 3. The van der Waals surface area contributed by atoms with Crippen molar-refractivity contribution in [2.75, 3.05) is 61.0 Å². The van der Waals surface area contributed by atoms with E-state index in [1.54, 1.807) is 0 Å². The van der Waals surface area contributed by atoms with Gasteiger partial charge in [0, 0.05) is 38.6 Å². The average molecular weight is 597 g/mol. The van der Waals surface area contributed by atoms with E-state index in [0.29, 0.717) is 55.9 Å². The fourth-order valence-corrected chi connectivity index (χ4v) is 8.24. The van der Waals surface area contributed by atoms with E-state index in [2.05, 4.69) is 6.92 Å². The zero-order valence-electron chi connectivity index (χ0n) is 26.4. The van der Waals surface area contributed by atoms with Gasteiger partial charge in [0.1, 0.15) is 0 Å². The molecule has 3 aliphatic carbocycles. The van der Waals surface area contributed by atoms with Gasteiger partial charge in [-0.3, -0.25) is 0 Å². The Morgan fingerprint density at radius 1 is 0.595 bits per heavy atom. The summed E-state index contributed by atoms with van der Waals surface area (Å²) in [5.41, 5.74) is -0.270. The highest BCUT2D eigenvalue weighted by Crippen LogP contribution is 2.41. The third-order valence-electron chi connectivity index (χ3n) is 11.3. The first-order valence-corrected chi connectivity index (χ1v) is 16.8. The molecule has 12 unspecified atom stereocenters. The highest BCUT2D eigenvalue weighted by molar-refractivity contribution is 4.95. The topological polar surface area (TPSA) is 93.0 Å². The minimum Gasteiger partial charge on any atom is -0.381 e. The van der Waals surface area contributed by atoms with E-state index in [9.17, 15) is 0 Å². The molecule has 6 rings (SSSR count). The number of rotatable bonds is 16. The van der Waals surface area contributed by atoms with Crippen LogP contribution in [0, 0.1) is 23.2 Å². The number of hydrogen-bond acceptors (Lipinski definition) is 9. The van der Waals surface area contributed by atoms with Crippen molar-refractivity contribution >= 4 is 0 Å². The zero-order chi connectivity index (χ0) is 29.1. The molecule has 0 aromatic heterocycles.